The van der Waals surface area contributed by atoms with Crippen LogP contribution in [-0.4, -0.2) is 13.0 Å². The zero-order valence-electron chi connectivity index (χ0n) is 14.4. The van der Waals surface area contributed by atoms with E-state index in [0.717, 1.165) is 15.3 Å². The number of benzene rings is 2. The Balaban J connectivity index is 1.84. The molecule has 1 amide bonds. The molecule has 6 heteroatoms. The first-order valence-electron chi connectivity index (χ1n) is 8.03. The van der Waals surface area contributed by atoms with E-state index >= 15 is 0 Å². The summed E-state index contributed by atoms with van der Waals surface area (Å²) in [6, 6.07) is 20.3. The molecular weight excluding hydrogens is 380 g/mol. The number of ether oxygens (including phenoxy) is 1. The Morgan fingerprint density at radius 3 is 2.63 bits per heavy atom. The molecule has 134 valence electrons. The molecular formula is C21H15ClN2O2S. The molecule has 0 aliphatic heterocycles. The van der Waals surface area contributed by atoms with Crippen molar-refractivity contribution in [3.05, 3.63) is 76.1 Å². The van der Waals surface area contributed by atoms with Crippen LogP contribution in [0, 0.1) is 11.3 Å². The number of anilines is 1. The second-order valence-corrected chi connectivity index (χ2v) is 7.03. The Kier molecular flexibility index (Phi) is 5.92. The van der Waals surface area contributed by atoms with Crippen LogP contribution in [0.2, 0.25) is 5.02 Å². The summed E-state index contributed by atoms with van der Waals surface area (Å²) in [6.07, 6.45) is 1.57. The summed E-state index contributed by atoms with van der Waals surface area (Å²) in [7, 11) is 1.52. The third-order valence-corrected chi connectivity index (χ3v) is 5.17. The summed E-state index contributed by atoms with van der Waals surface area (Å²) < 4.78 is 5.21. The van der Waals surface area contributed by atoms with E-state index in [1.807, 2.05) is 42.5 Å². The summed E-state index contributed by atoms with van der Waals surface area (Å²) >= 11 is 7.69. The zero-order chi connectivity index (χ0) is 19.2. The van der Waals surface area contributed by atoms with Gasteiger partial charge in [0.2, 0.25) is 0 Å². The van der Waals surface area contributed by atoms with Crippen molar-refractivity contribution >= 4 is 40.6 Å². The fourth-order valence-electron chi connectivity index (χ4n) is 2.46. The number of halogens is 1. The number of nitrogens with zero attached hydrogens (tertiary/aromatic N) is 1. The van der Waals surface area contributed by atoms with Gasteiger partial charge in [-0.25, -0.2) is 0 Å². The number of carbonyl (C=O) groups is 1. The monoisotopic (exact) mass is 394 g/mol. The van der Waals surface area contributed by atoms with Crippen molar-refractivity contribution in [2.75, 3.05) is 12.4 Å². The molecule has 3 rings (SSSR count). The second-order valence-electron chi connectivity index (χ2n) is 5.51. The Labute approximate surface area is 166 Å². The third kappa shape index (κ3) is 4.37. The van der Waals surface area contributed by atoms with Gasteiger partial charge in [-0.05, 0) is 36.4 Å². The highest BCUT2D eigenvalue weighted by molar-refractivity contribution is 7.16. The molecule has 1 aromatic heterocycles. The molecule has 0 atom stereocenters. The van der Waals surface area contributed by atoms with Crippen molar-refractivity contribution in [2.24, 2.45) is 0 Å². The number of nitriles is 1. The SMILES string of the molecule is COc1ccccc1NC(=O)/C(C#N)=C/c1ccc(-c2ccccc2Cl)s1. The lowest BCUT2D eigenvalue weighted by Crippen LogP contribution is -2.14. The molecule has 0 spiro atoms. The Bertz CT molecular complexity index is 1050. The van der Waals surface area contributed by atoms with Gasteiger partial charge in [0.05, 0.1) is 12.8 Å². The van der Waals surface area contributed by atoms with Gasteiger partial charge in [-0.1, -0.05) is 41.9 Å². The lowest BCUT2D eigenvalue weighted by atomic mass is 10.2. The Morgan fingerprint density at radius 2 is 1.89 bits per heavy atom. The number of para-hydroxylation sites is 2. The number of amides is 1. The van der Waals surface area contributed by atoms with Crippen molar-refractivity contribution in [3.63, 3.8) is 0 Å². The van der Waals surface area contributed by atoms with Crippen LogP contribution in [0.5, 0.6) is 5.75 Å². The predicted molar refractivity (Wildman–Crippen MR) is 110 cm³/mol. The minimum absolute atomic E-state index is 0.00784. The first-order valence-corrected chi connectivity index (χ1v) is 9.22. The van der Waals surface area contributed by atoms with E-state index in [0.29, 0.717) is 16.5 Å². The van der Waals surface area contributed by atoms with E-state index in [2.05, 4.69) is 5.32 Å². The zero-order valence-corrected chi connectivity index (χ0v) is 16.0. The molecule has 3 aromatic rings. The number of thiophene rings is 1. The van der Waals surface area contributed by atoms with Crippen molar-refractivity contribution in [1.82, 2.24) is 0 Å². The lowest BCUT2D eigenvalue weighted by Gasteiger charge is -2.09. The number of nitrogens with one attached hydrogen (secondary N) is 1. The van der Waals surface area contributed by atoms with E-state index in [9.17, 15) is 10.1 Å². The van der Waals surface area contributed by atoms with E-state index < -0.39 is 5.91 Å². The highest BCUT2D eigenvalue weighted by atomic mass is 35.5. The van der Waals surface area contributed by atoms with E-state index in [1.165, 1.54) is 18.4 Å². The van der Waals surface area contributed by atoms with Gasteiger partial charge in [-0.2, -0.15) is 5.26 Å². The van der Waals surface area contributed by atoms with E-state index in [1.54, 1.807) is 30.3 Å². The summed E-state index contributed by atoms with van der Waals surface area (Å²) in [6.45, 7) is 0. The lowest BCUT2D eigenvalue weighted by molar-refractivity contribution is -0.112. The first-order chi connectivity index (χ1) is 13.1. The van der Waals surface area contributed by atoms with Gasteiger partial charge >= 0.3 is 0 Å². The van der Waals surface area contributed by atoms with Crippen molar-refractivity contribution in [1.29, 1.82) is 5.26 Å². The molecule has 1 N–H and O–H groups in total. The molecule has 0 aliphatic rings. The molecule has 1 heterocycles. The van der Waals surface area contributed by atoms with Crippen LogP contribution in [-0.2, 0) is 4.79 Å². The minimum Gasteiger partial charge on any atom is -0.495 e. The quantitative estimate of drug-likeness (QED) is 0.451. The topological polar surface area (TPSA) is 62.1 Å². The number of hydrogen-bond acceptors (Lipinski definition) is 4. The Morgan fingerprint density at radius 1 is 1.15 bits per heavy atom. The minimum atomic E-state index is -0.491. The fourth-order valence-corrected chi connectivity index (χ4v) is 3.75. The molecule has 0 unspecified atom stereocenters. The summed E-state index contributed by atoms with van der Waals surface area (Å²) in [4.78, 5) is 14.2. The largest absolute Gasteiger partial charge is 0.495 e. The average Bonchev–Trinajstić information content (AvgIpc) is 3.15. The molecule has 2 aromatic carbocycles. The van der Waals surface area contributed by atoms with Gasteiger partial charge in [0.1, 0.15) is 17.4 Å². The Hall–Kier alpha value is -3.07. The van der Waals surface area contributed by atoms with E-state index in [4.69, 9.17) is 16.3 Å². The maximum absolute atomic E-state index is 12.5. The van der Waals surface area contributed by atoms with Crippen LogP contribution in [0.1, 0.15) is 4.88 Å². The van der Waals surface area contributed by atoms with Gasteiger partial charge in [0.15, 0.2) is 0 Å². The highest BCUT2D eigenvalue weighted by Gasteiger charge is 2.13. The smallest absolute Gasteiger partial charge is 0.266 e. The summed E-state index contributed by atoms with van der Waals surface area (Å²) in [5.41, 5.74) is 1.43. The van der Waals surface area contributed by atoms with Crippen LogP contribution in [0.3, 0.4) is 0 Å². The second kappa shape index (κ2) is 8.54. The van der Waals surface area contributed by atoms with Gasteiger partial charge < -0.3 is 10.1 Å². The third-order valence-electron chi connectivity index (χ3n) is 3.77. The predicted octanol–water partition coefficient (Wildman–Crippen LogP) is 5.62. The van der Waals surface area contributed by atoms with Crippen LogP contribution < -0.4 is 10.1 Å². The molecule has 0 bridgehead atoms. The summed E-state index contributed by atoms with van der Waals surface area (Å²) in [5, 5.41) is 12.8. The molecule has 27 heavy (non-hydrogen) atoms. The number of methoxy groups -OCH3 is 1. The van der Waals surface area contributed by atoms with Crippen LogP contribution in [0.25, 0.3) is 16.5 Å². The number of carbonyl (C=O) groups excluding carboxylic acids is 1. The maximum atomic E-state index is 12.5. The van der Waals surface area contributed by atoms with Gasteiger partial charge in [-0.3, -0.25) is 4.79 Å². The van der Waals surface area contributed by atoms with Crippen LogP contribution in [0.15, 0.2) is 66.2 Å². The van der Waals surface area contributed by atoms with Crippen molar-refractivity contribution in [3.8, 4) is 22.3 Å². The van der Waals surface area contributed by atoms with Crippen molar-refractivity contribution < 1.29 is 9.53 Å². The van der Waals surface area contributed by atoms with Gasteiger partial charge in [0, 0.05) is 20.3 Å². The highest BCUT2D eigenvalue weighted by Crippen LogP contribution is 2.34. The molecule has 0 saturated carbocycles. The van der Waals surface area contributed by atoms with E-state index in [-0.39, 0.29) is 5.57 Å². The van der Waals surface area contributed by atoms with Crippen LogP contribution in [0.4, 0.5) is 5.69 Å². The van der Waals surface area contributed by atoms with Gasteiger partial charge in [-0.15, -0.1) is 11.3 Å². The van der Waals surface area contributed by atoms with Gasteiger partial charge in [0.25, 0.3) is 5.91 Å². The average molecular weight is 395 g/mol. The normalized spacial score (nSPS) is 10.9. The molecule has 4 nitrogen and oxygen atoms in total. The molecule has 0 radical (unpaired) electrons. The maximum Gasteiger partial charge on any atom is 0.266 e. The standard InChI is InChI=1S/C21H15ClN2O2S/c1-26-19-9-5-4-8-18(19)24-21(25)14(13-23)12-15-10-11-20(27-15)16-6-2-3-7-17(16)22/h2-12H,1H3,(H,24,25)/b14-12+. The van der Waals surface area contributed by atoms with Crippen LogP contribution >= 0.6 is 22.9 Å². The summed E-state index contributed by atoms with van der Waals surface area (Å²) in [5.74, 6) is 0.0370. The molecule has 0 aliphatic carbocycles. The number of hydrogen-bond donors (Lipinski definition) is 1. The number of rotatable bonds is 5. The molecule has 0 saturated heterocycles. The first kappa shape index (κ1) is 18.7. The van der Waals surface area contributed by atoms with Crippen molar-refractivity contribution in [2.45, 2.75) is 0 Å². The fraction of sp³-hybridized carbons (Fsp3) is 0.0476. The molecule has 0 fully saturated rings.